The molecule has 0 aliphatic heterocycles. The monoisotopic (exact) mass is 331 g/mol. The molecule has 0 bridgehead atoms. The number of carbonyl (C=O) groups excluding carboxylic acids is 1. The minimum absolute atomic E-state index is 0.0388. The summed E-state index contributed by atoms with van der Waals surface area (Å²) in [4.78, 5) is 12.0. The third-order valence-electron chi connectivity index (χ3n) is 3.16. The number of rotatable bonds is 4. The summed E-state index contributed by atoms with van der Waals surface area (Å²) in [6.45, 7) is 4.07. The second-order valence-corrected chi connectivity index (χ2v) is 5.87. The highest BCUT2D eigenvalue weighted by atomic mass is 79.9. The molecule has 0 aliphatic carbocycles. The van der Waals surface area contributed by atoms with Crippen LogP contribution in [-0.4, -0.2) is 5.91 Å². The highest BCUT2D eigenvalue weighted by Gasteiger charge is 2.06. The van der Waals surface area contributed by atoms with Gasteiger partial charge in [-0.2, -0.15) is 0 Å². The lowest BCUT2D eigenvalue weighted by Crippen LogP contribution is -2.12. The van der Waals surface area contributed by atoms with Gasteiger partial charge in [-0.25, -0.2) is 0 Å². The van der Waals surface area contributed by atoms with Gasteiger partial charge in [0.05, 0.1) is 5.69 Å². The Hall–Kier alpha value is -1.61. The van der Waals surface area contributed by atoms with Crippen LogP contribution in [0.15, 0.2) is 46.9 Å². The number of halogens is 1. The van der Waals surface area contributed by atoms with Crippen LogP contribution in [-0.2, 0) is 11.2 Å². The molecule has 20 heavy (non-hydrogen) atoms. The van der Waals surface area contributed by atoms with Crippen LogP contribution in [0.25, 0.3) is 0 Å². The number of benzene rings is 2. The molecule has 2 nitrogen and oxygen atoms in total. The van der Waals surface area contributed by atoms with Crippen LogP contribution < -0.4 is 5.32 Å². The van der Waals surface area contributed by atoms with Gasteiger partial charge < -0.3 is 5.32 Å². The highest BCUT2D eigenvalue weighted by molar-refractivity contribution is 9.10. The minimum Gasteiger partial charge on any atom is -0.325 e. The topological polar surface area (TPSA) is 29.1 Å². The zero-order valence-electron chi connectivity index (χ0n) is 11.7. The van der Waals surface area contributed by atoms with Crippen molar-refractivity contribution in [2.45, 2.75) is 26.7 Å². The van der Waals surface area contributed by atoms with E-state index in [4.69, 9.17) is 0 Å². The van der Waals surface area contributed by atoms with Gasteiger partial charge >= 0.3 is 0 Å². The van der Waals surface area contributed by atoms with Crippen LogP contribution in [0.5, 0.6) is 0 Å². The predicted octanol–water partition coefficient (Wildman–Crippen LogP) is 4.64. The first-order valence-electron chi connectivity index (χ1n) is 6.66. The zero-order chi connectivity index (χ0) is 14.5. The molecule has 0 aromatic heterocycles. The van der Waals surface area contributed by atoms with Crippen molar-refractivity contribution in [3.63, 3.8) is 0 Å². The van der Waals surface area contributed by atoms with Gasteiger partial charge in [0.2, 0.25) is 5.91 Å². The largest absolute Gasteiger partial charge is 0.325 e. The number of aryl methyl sites for hydroxylation is 3. The van der Waals surface area contributed by atoms with Crippen molar-refractivity contribution in [3.05, 3.63) is 63.6 Å². The lowest BCUT2D eigenvalue weighted by molar-refractivity contribution is -0.116. The van der Waals surface area contributed by atoms with Gasteiger partial charge in [-0.05, 0) is 59.5 Å². The van der Waals surface area contributed by atoms with Crippen LogP contribution in [0.1, 0.15) is 23.1 Å². The van der Waals surface area contributed by atoms with E-state index in [0.29, 0.717) is 6.42 Å². The van der Waals surface area contributed by atoms with Crippen LogP contribution in [0, 0.1) is 13.8 Å². The number of carbonyl (C=O) groups is 1. The fourth-order valence-corrected chi connectivity index (χ4v) is 2.31. The molecule has 0 saturated carbocycles. The highest BCUT2D eigenvalue weighted by Crippen LogP contribution is 2.23. The molecule has 0 radical (unpaired) electrons. The summed E-state index contributed by atoms with van der Waals surface area (Å²) in [5.74, 6) is 0.0388. The summed E-state index contributed by atoms with van der Waals surface area (Å²) in [6.07, 6.45) is 1.25. The average Bonchev–Trinajstić information content (AvgIpc) is 2.42. The lowest BCUT2D eigenvalue weighted by atomic mass is 10.1. The second kappa shape index (κ2) is 6.71. The molecule has 104 valence electrons. The number of hydrogen-bond acceptors (Lipinski definition) is 1. The molecule has 0 saturated heterocycles. The van der Waals surface area contributed by atoms with Gasteiger partial charge in [0, 0.05) is 10.9 Å². The van der Waals surface area contributed by atoms with E-state index in [9.17, 15) is 4.79 Å². The first-order valence-corrected chi connectivity index (χ1v) is 7.45. The van der Waals surface area contributed by atoms with Crippen molar-refractivity contribution in [2.24, 2.45) is 0 Å². The van der Waals surface area contributed by atoms with E-state index in [0.717, 1.165) is 22.1 Å². The van der Waals surface area contributed by atoms with Crippen LogP contribution in [0.2, 0.25) is 0 Å². The quantitative estimate of drug-likeness (QED) is 0.868. The molecule has 1 N–H and O–H groups in total. The van der Waals surface area contributed by atoms with Crippen molar-refractivity contribution in [1.29, 1.82) is 0 Å². The Morgan fingerprint density at radius 3 is 2.40 bits per heavy atom. The van der Waals surface area contributed by atoms with Crippen molar-refractivity contribution in [3.8, 4) is 0 Å². The van der Waals surface area contributed by atoms with Crippen LogP contribution >= 0.6 is 15.9 Å². The summed E-state index contributed by atoms with van der Waals surface area (Å²) < 4.78 is 0.909. The van der Waals surface area contributed by atoms with Crippen LogP contribution in [0.3, 0.4) is 0 Å². The van der Waals surface area contributed by atoms with Gasteiger partial charge in [-0.1, -0.05) is 35.9 Å². The van der Waals surface area contributed by atoms with Gasteiger partial charge in [0.25, 0.3) is 0 Å². The predicted molar refractivity (Wildman–Crippen MR) is 87.0 cm³/mol. The van der Waals surface area contributed by atoms with Crippen molar-refractivity contribution in [1.82, 2.24) is 0 Å². The molecular formula is C17H18BrNO. The Balaban J connectivity index is 1.92. The molecule has 0 atom stereocenters. The Morgan fingerprint density at radius 2 is 1.70 bits per heavy atom. The maximum atomic E-state index is 12.0. The van der Waals surface area contributed by atoms with E-state index in [-0.39, 0.29) is 5.91 Å². The third-order valence-corrected chi connectivity index (χ3v) is 3.85. The SMILES string of the molecule is Cc1ccc(CCC(=O)Nc2cc(C)ccc2Br)cc1. The maximum absolute atomic E-state index is 12.0. The second-order valence-electron chi connectivity index (χ2n) is 5.02. The molecule has 3 heteroatoms. The normalized spacial score (nSPS) is 10.3. The molecule has 0 spiro atoms. The maximum Gasteiger partial charge on any atom is 0.224 e. The lowest BCUT2D eigenvalue weighted by Gasteiger charge is -2.08. The number of nitrogens with one attached hydrogen (secondary N) is 1. The average molecular weight is 332 g/mol. The molecular weight excluding hydrogens is 314 g/mol. The minimum atomic E-state index is 0.0388. The van der Waals surface area contributed by atoms with Gasteiger partial charge in [-0.3, -0.25) is 4.79 Å². The molecule has 0 heterocycles. The Labute approximate surface area is 128 Å². The summed E-state index contributed by atoms with van der Waals surface area (Å²) in [5.41, 5.74) is 4.39. The number of anilines is 1. The summed E-state index contributed by atoms with van der Waals surface area (Å²) in [6, 6.07) is 14.2. The van der Waals surface area contributed by atoms with E-state index < -0.39 is 0 Å². The van der Waals surface area contributed by atoms with E-state index >= 15 is 0 Å². The summed E-state index contributed by atoms with van der Waals surface area (Å²) in [7, 11) is 0. The van der Waals surface area contributed by atoms with E-state index in [1.807, 2.05) is 25.1 Å². The number of hydrogen-bond donors (Lipinski definition) is 1. The molecule has 0 fully saturated rings. The Bertz CT molecular complexity index is 605. The van der Waals surface area contributed by atoms with Crippen molar-refractivity contribution >= 4 is 27.5 Å². The van der Waals surface area contributed by atoms with Crippen LogP contribution in [0.4, 0.5) is 5.69 Å². The standard InChI is InChI=1S/C17H18BrNO/c1-12-3-6-14(7-4-12)8-10-17(20)19-16-11-13(2)5-9-15(16)18/h3-7,9,11H,8,10H2,1-2H3,(H,19,20). The molecule has 2 rings (SSSR count). The fourth-order valence-electron chi connectivity index (χ4n) is 1.96. The van der Waals surface area contributed by atoms with E-state index in [1.54, 1.807) is 0 Å². The molecule has 0 aliphatic rings. The van der Waals surface area contributed by atoms with Gasteiger partial charge in [-0.15, -0.1) is 0 Å². The summed E-state index contributed by atoms with van der Waals surface area (Å²) in [5, 5.41) is 2.95. The first-order chi connectivity index (χ1) is 9.54. The van der Waals surface area contributed by atoms with Gasteiger partial charge in [0.1, 0.15) is 0 Å². The smallest absolute Gasteiger partial charge is 0.224 e. The molecule has 1 amide bonds. The summed E-state index contributed by atoms with van der Waals surface area (Å²) >= 11 is 3.45. The Kier molecular flexibility index (Phi) is 4.96. The zero-order valence-corrected chi connectivity index (χ0v) is 13.3. The number of amides is 1. The molecule has 2 aromatic rings. The third kappa shape index (κ3) is 4.20. The first kappa shape index (κ1) is 14.8. The van der Waals surface area contributed by atoms with E-state index in [1.165, 1.54) is 11.1 Å². The van der Waals surface area contributed by atoms with Gasteiger partial charge in [0.15, 0.2) is 0 Å². The van der Waals surface area contributed by atoms with Crippen molar-refractivity contribution < 1.29 is 4.79 Å². The van der Waals surface area contributed by atoms with E-state index in [2.05, 4.69) is 52.4 Å². The Morgan fingerprint density at radius 1 is 1.05 bits per heavy atom. The molecule has 2 aromatic carbocycles. The molecule has 0 unspecified atom stereocenters. The fraction of sp³-hybridized carbons (Fsp3) is 0.235. The van der Waals surface area contributed by atoms with Crippen molar-refractivity contribution in [2.75, 3.05) is 5.32 Å².